The van der Waals surface area contributed by atoms with E-state index in [1.54, 1.807) is 31.2 Å². The second-order valence-electron chi connectivity index (χ2n) is 11.5. The van der Waals surface area contributed by atoms with Crippen molar-refractivity contribution in [3.8, 4) is 11.5 Å². The minimum atomic E-state index is -1.50. The fraction of sp³-hybridized carbons (Fsp3) is 0.438. The molecule has 2 amide bonds. The largest absolute Gasteiger partial charge is 0.504 e. The number of carbonyl (C=O) groups excluding carboxylic acids is 2. The molecule has 2 aromatic rings. The fourth-order valence-corrected chi connectivity index (χ4v) is 5.55. The Kier molecular flexibility index (Phi) is 10.8. The van der Waals surface area contributed by atoms with Gasteiger partial charge in [0, 0.05) is 11.3 Å². The number of aliphatic hydroxyl groups is 5. The van der Waals surface area contributed by atoms with E-state index in [4.69, 9.17) is 23.7 Å². The van der Waals surface area contributed by atoms with Gasteiger partial charge in [-0.3, -0.25) is 10.1 Å². The predicted octanol–water partition coefficient (Wildman–Crippen LogP) is 0.139. The van der Waals surface area contributed by atoms with Crippen LogP contribution in [0.1, 0.15) is 19.4 Å². The maximum absolute atomic E-state index is 12.9. The zero-order valence-corrected chi connectivity index (χ0v) is 25.5. The summed E-state index contributed by atoms with van der Waals surface area (Å²) in [4.78, 5) is 24.9. The molecule has 47 heavy (non-hydrogen) atoms. The van der Waals surface area contributed by atoms with E-state index in [0.717, 1.165) is 0 Å². The number of fused-ring (bicyclic) bond motifs is 1. The summed E-state index contributed by atoms with van der Waals surface area (Å²) in [6.07, 6.45) is -8.94. The van der Waals surface area contributed by atoms with E-state index in [2.05, 4.69) is 10.6 Å². The van der Waals surface area contributed by atoms with Crippen LogP contribution < -0.4 is 15.4 Å². The van der Waals surface area contributed by atoms with Crippen molar-refractivity contribution in [2.45, 2.75) is 75.0 Å². The SMILES string of the molecule is C/C(=C\c1ccc(O[C@H]2O[C@@H](/C(C)=C/COC(=O)Nc3ccccc3)[C@@H](O)[C@@H]2O)c(O)c1)C(=O)N[C@@H]1[C@H](O)[C@@H](O)[C@H]2OCO[C@H]2[C@@H]1O. The Labute approximate surface area is 269 Å². The minimum Gasteiger partial charge on any atom is -0.504 e. The van der Waals surface area contributed by atoms with Gasteiger partial charge in [-0.05, 0) is 61.4 Å². The molecule has 2 aliphatic heterocycles. The second kappa shape index (κ2) is 14.8. The molecule has 0 radical (unpaired) electrons. The Morgan fingerprint density at radius 1 is 0.915 bits per heavy atom. The van der Waals surface area contributed by atoms with Gasteiger partial charge in [-0.15, -0.1) is 0 Å². The number of amides is 2. The van der Waals surface area contributed by atoms with Gasteiger partial charge in [-0.1, -0.05) is 24.3 Å². The van der Waals surface area contributed by atoms with Crippen LogP contribution in [0.2, 0.25) is 0 Å². The first kappa shape index (κ1) is 34.3. The third kappa shape index (κ3) is 7.75. The zero-order valence-electron chi connectivity index (χ0n) is 25.5. The van der Waals surface area contributed by atoms with Crippen LogP contribution >= 0.6 is 0 Å². The molecule has 0 spiro atoms. The molecule has 1 aliphatic carbocycles. The third-order valence-electron chi connectivity index (χ3n) is 8.18. The number of hydrogen-bond donors (Lipinski definition) is 8. The highest BCUT2D eigenvalue weighted by atomic mass is 16.7. The van der Waals surface area contributed by atoms with E-state index in [1.807, 2.05) is 6.07 Å². The van der Waals surface area contributed by atoms with Crippen molar-refractivity contribution >= 4 is 23.8 Å². The number of ether oxygens (including phenoxy) is 5. The normalized spacial score (nSPS) is 32.4. The summed E-state index contributed by atoms with van der Waals surface area (Å²) in [5.74, 6) is -1.07. The number of para-hydroxylation sites is 1. The number of hydrogen-bond acceptors (Lipinski definition) is 13. The van der Waals surface area contributed by atoms with Crippen molar-refractivity contribution < 1.29 is 63.9 Å². The number of phenolic OH excluding ortho intramolecular Hbond substituents is 1. The van der Waals surface area contributed by atoms with Gasteiger partial charge >= 0.3 is 6.09 Å². The lowest BCUT2D eigenvalue weighted by Crippen LogP contribution is -2.67. The number of nitrogens with one attached hydrogen (secondary N) is 2. The van der Waals surface area contributed by atoms with Crippen molar-refractivity contribution in [3.63, 3.8) is 0 Å². The van der Waals surface area contributed by atoms with Crippen molar-refractivity contribution in [1.29, 1.82) is 0 Å². The molecule has 1 saturated carbocycles. The highest BCUT2D eigenvalue weighted by molar-refractivity contribution is 5.97. The molecule has 15 heteroatoms. The molecule has 8 N–H and O–H groups in total. The topological polar surface area (TPSA) is 226 Å². The predicted molar refractivity (Wildman–Crippen MR) is 163 cm³/mol. The van der Waals surface area contributed by atoms with Crippen LogP contribution in [0.25, 0.3) is 6.08 Å². The summed E-state index contributed by atoms with van der Waals surface area (Å²) in [6.45, 7) is 2.83. The monoisotopic (exact) mass is 658 g/mol. The van der Waals surface area contributed by atoms with Crippen LogP contribution in [0, 0.1) is 0 Å². The van der Waals surface area contributed by atoms with Crippen molar-refractivity contribution in [3.05, 3.63) is 71.3 Å². The van der Waals surface area contributed by atoms with Gasteiger partial charge in [0.1, 0.15) is 62.2 Å². The summed E-state index contributed by atoms with van der Waals surface area (Å²) in [5, 5.41) is 68.2. The minimum absolute atomic E-state index is 0.0699. The molecule has 0 bridgehead atoms. The lowest BCUT2D eigenvalue weighted by Gasteiger charge is -2.41. The Balaban J connectivity index is 1.15. The van der Waals surface area contributed by atoms with Crippen LogP contribution in [0.3, 0.4) is 0 Å². The number of phenols is 1. The Hall–Kier alpha value is -4.06. The molecule has 10 atom stereocenters. The maximum atomic E-state index is 12.9. The van der Waals surface area contributed by atoms with E-state index in [1.165, 1.54) is 37.3 Å². The first-order chi connectivity index (χ1) is 22.4. The number of rotatable bonds is 9. The second-order valence-corrected chi connectivity index (χ2v) is 11.5. The van der Waals surface area contributed by atoms with Gasteiger partial charge in [0.05, 0.1) is 6.04 Å². The lowest BCUT2D eigenvalue weighted by atomic mass is 9.83. The highest BCUT2D eigenvalue weighted by Gasteiger charge is 2.53. The third-order valence-corrected chi connectivity index (χ3v) is 8.18. The maximum Gasteiger partial charge on any atom is 0.411 e. The van der Waals surface area contributed by atoms with E-state index in [9.17, 15) is 40.2 Å². The standard InChI is InChI=1S/C32H38N2O13/c1-15(10-11-43-32(42)33-18-6-4-3-5-7-18)27-25(39)26(40)31(47-27)46-20-9-8-17(13-19(20)35)12-16(2)30(41)34-21-22(36)24(38)29-28(23(21)37)44-14-45-29/h3-10,12-13,21-29,31,35-40H,11,14H2,1-2H3,(H,33,42)(H,34,41)/b15-10+,16-12+/t21-,22+,23-,24-,25+,26+,27+,28+,29-,31+/m1/s1. The Bertz CT molecular complexity index is 1480. The highest BCUT2D eigenvalue weighted by Crippen LogP contribution is 2.34. The van der Waals surface area contributed by atoms with E-state index in [0.29, 0.717) is 16.8 Å². The van der Waals surface area contributed by atoms with E-state index in [-0.39, 0.29) is 30.5 Å². The van der Waals surface area contributed by atoms with Crippen molar-refractivity contribution in [1.82, 2.24) is 5.32 Å². The summed E-state index contributed by atoms with van der Waals surface area (Å²) in [7, 11) is 0. The van der Waals surface area contributed by atoms with Crippen LogP contribution in [0.4, 0.5) is 10.5 Å². The molecule has 15 nitrogen and oxygen atoms in total. The van der Waals surface area contributed by atoms with Gasteiger partial charge in [0.15, 0.2) is 11.5 Å². The van der Waals surface area contributed by atoms with Crippen LogP contribution in [0.5, 0.6) is 11.5 Å². The zero-order chi connectivity index (χ0) is 33.8. The molecule has 2 saturated heterocycles. The van der Waals surface area contributed by atoms with Gasteiger partial charge in [-0.2, -0.15) is 0 Å². The average Bonchev–Trinajstić information content (AvgIpc) is 3.65. The number of aliphatic hydroxyl groups excluding tert-OH is 5. The lowest BCUT2D eigenvalue weighted by molar-refractivity contribution is -0.155. The number of aromatic hydroxyl groups is 1. The summed E-state index contributed by atoms with van der Waals surface area (Å²) in [6, 6.07) is 11.7. The number of benzene rings is 2. The van der Waals surface area contributed by atoms with E-state index < -0.39 is 73.2 Å². The van der Waals surface area contributed by atoms with E-state index >= 15 is 0 Å². The van der Waals surface area contributed by atoms with Crippen LogP contribution in [-0.2, 0) is 23.7 Å². The summed E-state index contributed by atoms with van der Waals surface area (Å²) in [5.41, 5.74) is 1.58. The Morgan fingerprint density at radius 2 is 1.62 bits per heavy atom. The van der Waals surface area contributed by atoms with Gasteiger partial charge < -0.3 is 59.6 Å². The van der Waals surface area contributed by atoms with Crippen LogP contribution in [0.15, 0.2) is 65.8 Å². The number of carbonyl (C=O) groups is 2. The van der Waals surface area contributed by atoms with Gasteiger partial charge in [-0.25, -0.2) is 4.79 Å². The van der Waals surface area contributed by atoms with Crippen LogP contribution in [-0.4, -0.2) is 117 Å². The molecule has 2 heterocycles. The molecule has 3 fully saturated rings. The Morgan fingerprint density at radius 3 is 2.32 bits per heavy atom. The average molecular weight is 659 g/mol. The number of anilines is 1. The van der Waals surface area contributed by atoms with Gasteiger partial charge in [0.25, 0.3) is 0 Å². The molecular weight excluding hydrogens is 620 g/mol. The molecule has 0 unspecified atom stereocenters. The first-order valence-corrected chi connectivity index (χ1v) is 14.9. The van der Waals surface area contributed by atoms with Gasteiger partial charge in [0.2, 0.25) is 12.2 Å². The quantitative estimate of drug-likeness (QED) is 0.133. The molecular formula is C32H38N2O13. The smallest absolute Gasteiger partial charge is 0.411 e. The van der Waals surface area contributed by atoms with Crippen molar-refractivity contribution in [2.75, 3.05) is 18.7 Å². The molecule has 3 aliphatic rings. The fourth-order valence-electron chi connectivity index (χ4n) is 5.55. The molecule has 254 valence electrons. The molecule has 5 rings (SSSR count). The first-order valence-electron chi connectivity index (χ1n) is 14.9. The molecule has 0 aromatic heterocycles. The van der Waals surface area contributed by atoms with Crippen molar-refractivity contribution in [2.24, 2.45) is 0 Å². The summed E-state index contributed by atoms with van der Waals surface area (Å²) >= 11 is 0. The molecule has 2 aromatic carbocycles. The summed E-state index contributed by atoms with van der Waals surface area (Å²) < 4.78 is 27.0.